The van der Waals surface area contributed by atoms with Gasteiger partial charge in [0.05, 0.1) is 22.1 Å². The Morgan fingerprint density at radius 3 is 2.09 bits per heavy atom. The molecule has 0 atom stereocenters. The fraction of sp³-hybridized carbons (Fsp3) is 0.0750. The van der Waals surface area contributed by atoms with Crippen molar-refractivity contribution in [3.63, 3.8) is 0 Å². The normalized spacial score (nSPS) is 13.5. The molecule has 0 unspecified atom stereocenters. The Morgan fingerprint density at radius 2 is 1.23 bits per heavy atom. The van der Waals surface area contributed by atoms with E-state index in [-0.39, 0.29) is 5.41 Å². The van der Waals surface area contributed by atoms with Crippen LogP contribution in [0.2, 0.25) is 0 Å². The quantitative estimate of drug-likeness (QED) is 0.214. The summed E-state index contributed by atoms with van der Waals surface area (Å²) in [6, 6.07) is 50.2. The molecule has 204 valence electrons. The molecule has 6 aromatic carbocycles. The number of fused-ring (bicyclic) bond motifs is 8. The Hall–Kier alpha value is -5.41. The summed E-state index contributed by atoms with van der Waals surface area (Å²) in [5.41, 5.74) is 13.3. The van der Waals surface area contributed by atoms with E-state index in [1.54, 1.807) is 0 Å². The van der Waals surface area contributed by atoms with Crippen molar-refractivity contribution in [1.82, 2.24) is 14.1 Å². The molecular weight excluding hydrogens is 522 g/mol. The van der Waals surface area contributed by atoms with Crippen LogP contribution in [0.5, 0.6) is 0 Å². The first-order chi connectivity index (χ1) is 21.1. The van der Waals surface area contributed by atoms with Crippen molar-refractivity contribution in [1.29, 1.82) is 0 Å². The lowest BCUT2D eigenvalue weighted by atomic mass is 9.80. The number of hydrogen-bond acceptors (Lipinski definition) is 1. The second-order valence-corrected chi connectivity index (χ2v) is 12.1. The first kappa shape index (κ1) is 24.2. The fourth-order valence-electron chi connectivity index (χ4n) is 7.45. The molecular formula is C40H29N3. The van der Waals surface area contributed by atoms with Gasteiger partial charge in [-0.3, -0.25) is 4.57 Å². The summed E-state index contributed by atoms with van der Waals surface area (Å²) < 4.78 is 4.73. The lowest BCUT2D eigenvalue weighted by Gasteiger charge is -2.22. The Morgan fingerprint density at radius 1 is 0.535 bits per heavy atom. The van der Waals surface area contributed by atoms with Gasteiger partial charge in [0.1, 0.15) is 5.82 Å². The zero-order chi connectivity index (χ0) is 28.7. The van der Waals surface area contributed by atoms with Crippen molar-refractivity contribution in [2.24, 2.45) is 0 Å². The van der Waals surface area contributed by atoms with Gasteiger partial charge in [0.25, 0.3) is 0 Å². The van der Waals surface area contributed by atoms with Crippen LogP contribution in [0.25, 0.3) is 66.7 Å². The molecule has 2 aromatic heterocycles. The van der Waals surface area contributed by atoms with E-state index in [2.05, 4.69) is 163 Å². The molecule has 0 saturated heterocycles. The van der Waals surface area contributed by atoms with E-state index in [0.29, 0.717) is 0 Å². The summed E-state index contributed by atoms with van der Waals surface area (Å²) in [6.45, 7) is 4.75. The molecule has 0 amide bonds. The van der Waals surface area contributed by atoms with Gasteiger partial charge >= 0.3 is 0 Å². The minimum Gasteiger partial charge on any atom is -0.309 e. The van der Waals surface area contributed by atoms with Crippen molar-refractivity contribution < 1.29 is 0 Å². The minimum atomic E-state index is -0.0947. The Labute approximate surface area is 250 Å². The van der Waals surface area contributed by atoms with E-state index >= 15 is 0 Å². The van der Waals surface area contributed by atoms with Gasteiger partial charge in [-0.15, -0.1) is 0 Å². The number of rotatable bonds is 3. The summed E-state index contributed by atoms with van der Waals surface area (Å²) >= 11 is 0. The predicted octanol–water partition coefficient (Wildman–Crippen LogP) is 10.1. The van der Waals surface area contributed by atoms with Gasteiger partial charge < -0.3 is 4.57 Å². The molecule has 1 aliphatic carbocycles. The molecule has 0 aliphatic heterocycles. The van der Waals surface area contributed by atoms with Crippen LogP contribution in [0.15, 0.2) is 140 Å². The molecule has 0 bridgehead atoms. The second-order valence-electron chi connectivity index (χ2n) is 12.1. The maximum absolute atomic E-state index is 5.08. The van der Waals surface area contributed by atoms with E-state index in [1.807, 2.05) is 0 Å². The monoisotopic (exact) mass is 551 g/mol. The third-order valence-electron chi connectivity index (χ3n) is 9.29. The molecule has 8 aromatic rings. The maximum Gasteiger partial charge on any atom is 0.145 e. The van der Waals surface area contributed by atoms with E-state index in [9.17, 15) is 0 Å². The van der Waals surface area contributed by atoms with E-state index in [4.69, 9.17) is 4.98 Å². The highest BCUT2D eigenvalue weighted by Gasteiger charge is 2.38. The Balaban J connectivity index is 1.32. The molecule has 1 aliphatic rings. The molecule has 43 heavy (non-hydrogen) atoms. The predicted molar refractivity (Wildman–Crippen MR) is 178 cm³/mol. The smallest absolute Gasteiger partial charge is 0.145 e. The molecule has 9 rings (SSSR count). The van der Waals surface area contributed by atoms with Crippen molar-refractivity contribution in [2.45, 2.75) is 19.3 Å². The lowest BCUT2D eigenvalue weighted by molar-refractivity contribution is 0.666. The number of nitrogens with zero attached hydrogens (tertiary/aromatic N) is 3. The van der Waals surface area contributed by atoms with Gasteiger partial charge in [-0.05, 0) is 64.7 Å². The van der Waals surface area contributed by atoms with Crippen LogP contribution in [0.4, 0.5) is 0 Å². The van der Waals surface area contributed by atoms with Crippen LogP contribution in [-0.4, -0.2) is 14.1 Å². The number of para-hydroxylation sites is 3. The fourth-order valence-corrected chi connectivity index (χ4v) is 7.45. The van der Waals surface area contributed by atoms with Crippen LogP contribution < -0.4 is 0 Å². The summed E-state index contributed by atoms with van der Waals surface area (Å²) in [6.07, 6.45) is 0. The highest BCUT2D eigenvalue weighted by Crippen LogP contribution is 2.53. The van der Waals surface area contributed by atoms with E-state index in [0.717, 1.165) is 33.8 Å². The molecule has 0 saturated carbocycles. The summed E-state index contributed by atoms with van der Waals surface area (Å²) in [4.78, 5) is 5.08. The summed E-state index contributed by atoms with van der Waals surface area (Å²) in [5.74, 6) is 0.943. The topological polar surface area (TPSA) is 22.8 Å². The maximum atomic E-state index is 5.08. The van der Waals surface area contributed by atoms with Crippen molar-refractivity contribution in [3.8, 4) is 33.9 Å². The molecule has 0 radical (unpaired) electrons. The summed E-state index contributed by atoms with van der Waals surface area (Å²) in [7, 11) is 0. The van der Waals surface area contributed by atoms with Gasteiger partial charge in [-0.2, -0.15) is 0 Å². The molecule has 3 nitrogen and oxygen atoms in total. The largest absolute Gasteiger partial charge is 0.309 e. The Bertz CT molecular complexity index is 2370. The SMILES string of the molecule is CC1(C)c2ccccc2-c2ccc3c(c21)c1ccccc1n3-c1cccc(-n2c(-c3ccccc3)nc3ccccc32)c1. The average molecular weight is 552 g/mol. The zero-order valence-electron chi connectivity index (χ0n) is 24.1. The van der Waals surface area contributed by atoms with Crippen molar-refractivity contribution in [3.05, 3.63) is 151 Å². The second kappa shape index (κ2) is 8.80. The number of aromatic nitrogens is 3. The van der Waals surface area contributed by atoms with Crippen LogP contribution >= 0.6 is 0 Å². The van der Waals surface area contributed by atoms with Gasteiger partial charge in [0.2, 0.25) is 0 Å². The van der Waals surface area contributed by atoms with Gasteiger partial charge in [-0.25, -0.2) is 4.98 Å². The van der Waals surface area contributed by atoms with Crippen LogP contribution in [0.3, 0.4) is 0 Å². The highest BCUT2D eigenvalue weighted by atomic mass is 15.1. The van der Waals surface area contributed by atoms with Crippen LogP contribution in [0, 0.1) is 0 Å². The van der Waals surface area contributed by atoms with Crippen LogP contribution in [-0.2, 0) is 5.41 Å². The number of hydrogen-bond donors (Lipinski definition) is 0. The highest BCUT2D eigenvalue weighted by molar-refractivity contribution is 6.14. The van der Waals surface area contributed by atoms with E-state index < -0.39 is 0 Å². The third kappa shape index (κ3) is 3.33. The first-order valence-electron chi connectivity index (χ1n) is 14.9. The van der Waals surface area contributed by atoms with Gasteiger partial charge in [0, 0.05) is 33.1 Å². The van der Waals surface area contributed by atoms with Crippen LogP contribution in [0.1, 0.15) is 25.0 Å². The third-order valence-corrected chi connectivity index (χ3v) is 9.29. The van der Waals surface area contributed by atoms with Gasteiger partial charge in [0.15, 0.2) is 0 Å². The standard InChI is InChI=1S/C40H29N3/c1-40(2)32-19-8-6-17-29(32)30-23-24-36-37(38(30)40)31-18-7-10-21-34(31)42(36)27-15-12-16-28(25-27)43-35-22-11-9-20-33(35)41-39(43)26-13-4-3-5-14-26/h3-25H,1-2H3. The minimum absolute atomic E-state index is 0.0947. The lowest BCUT2D eigenvalue weighted by Crippen LogP contribution is -2.15. The molecule has 0 fully saturated rings. The van der Waals surface area contributed by atoms with Crippen molar-refractivity contribution >= 4 is 32.8 Å². The number of imidazole rings is 1. The van der Waals surface area contributed by atoms with Crippen molar-refractivity contribution in [2.75, 3.05) is 0 Å². The molecule has 0 N–H and O–H groups in total. The average Bonchev–Trinajstić information content (AvgIpc) is 3.68. The molecule has 3 heteroatoms. The molecule has 2 heterocycles. The van der Waals surface area contributed by atoms with Gasteiger partial charge in [-0.1, -0.05) is 111 Å². The first-order valence-corrected chi connectivity index (χ1v) is 14.9. The number of benzene rings is 6. The zero-order valence-corrected chi connectivity index (χ0v) is 24.1. The summed E-state index contributed by atoms with van der Waals surface area (Å²) in [5, 5.41) is 2.64. The van der Waals surface area contributed by atoms with E-state index in [1.165, 1.54) is 44.1 Å². The molecule has 0 spiro atoms. The Kier molecular flexibility index (Phi) is 4.95.